The first-order valence-corrected chi connectivity index (χ1v) is 4.46. The maximum atomic E-state index is 11.1. The van der Waals surface area contributed by atoms with Crippen molar-refractivity contribution in [2.45, 2.75) is 6.04 Å². The number of nitrogens with one attached hydrogen (secondary N) is 1. The number of fused-ring (bicyclic) bond motifs is 1. The van der Waals surface area contributed by atoms with Crippen molar-refractivity contribution in [2.24, 2.45) is 0 Å². The maximum Gasteiger partial charge on any atom is 0.243 e. The third kappa shape index (κ3) is 1.48. The summed E-state index contributed by atoms with van der Waals surface area (Å²) in [7, 11) is 0. The van der Waals surface area contributed by atoms with E-state index in [-0.39, 0.29) is 11.9 Å². The molecule has 0 radical (unpaired) electrons. The van der Waals surface area contributed by atoms with Crippen LogP contribution in [0.25, 0.3) is 0 Å². The molecule has 1 atom stereocenters. The second-order valence-corrected chi connectivity index (χ2v) is 3.11. The van der Waals surface area contributed by atoms with E-state index >= 15 is 0 Å². The summed E-state index contributed by atoms with van der Waals surface area (Å²) in [5.74, 6) is 0.678. The van der Waals surface area contributed by atoms with Gasteiger partial charge < -0.3 is 10.1 Å². The van der Waals surface area contributed by atoms with E-state index in [0.29, 0.717) is 6.61 Å². The van der Waals surface area contributed by atoms with Gasteiger partial charge in [0.1, 0.15) is 12.4 Å². The van der Waals surface area contributed by atoms with E-state index < -0.39 is 0 Å². The minimum Gasteiger partial charge on any atom is -0.491 e. The highest BCUT2D eigenvalue weighted by Gasteiger charge is 2.23. The third-order valence-electron chi connectivity index (χ3n) is 2.20. The molecule has 3 nitrogen and oxygen atoms in total. The van der Waals surface area contributed by atoms with Gasteiger partial charge in [0.15, 0.2) is 0 Å². The Hall–Kier alpha value is -1.77. The smallest absolute Gasteiger partial charge is 0.243 e. The fourth-order valence-electron chi connectivity index (χ4n) is 1.51. The summed E-state index contributed by atoms with van der Waals surface area (Å²) in [6, 6.07) is 7.65. The van der Waals surface area contributed by atoms with Crippen molar-refractivity contribution >= 4 is 5.91 Å². The van der Waals surface area contributed by atoms with Crippen molar-refractivity contribution < 1.29 is 9.53 Å². The van der Waals surface area contributed by atoms with Gasteiger partial charge in [0, 0.05) is 5.56 Å². The Kier molecular flexibility index (Phi) is 2.23. The predicted octanol–water partition coefficient (Wildman–Crippen LogP) is 1.42. The Bertz CT molecular complexity index is 373. The molecule has 0 aromatic heterocycles. The second kappa shape index (κ2) is 3.54. The minimum atomic E-state index is -0.171. The van der Waals surface area contributed by atoms with Crippen molar-refractivity contribution in [1.82, 2.24) is 5.32 Å². The molecule has 0 spiro atoms. The number of para-hydroxylation sites is 1. The van der Waals surface area contributed by atoms with E-state index in [2.05, 4.69) is 11.9 Å². The van der Waals surface area contributed by atoms with Crippen molar-refractivity contribution in [1.29, 1.82) is 0 Å². The van der Waals surface area contributed by atoms with Gasteiger partial charge in [0.05, 0.1) is 6.04 Å². The average Bonchev–Trinajstić information content (AvgIpc) is 2.62. The summed E-state index contributed by atoms with van der Waals surface area (Å²) in [5.41, 5.74) is 1.03. The highest BCUT2D eigenvalue weighted by Crippen LogP contribution is 2.31. The van der Waals surface area contributed by atoms with Crippen molar-refractivity contribution in [2.75, 3.05) is 6.61 Å². The van der Waals surface area contributed by atoms with Crippen molar-refractivity contribution in [3.8, 4) is 5.75 Å². The lowest BCUT2D eigenvalue weighted by Crippen LogP contribution is -2.27. The quantitative estimate of drug-likeness (QED) is 0.714. The topological polar surface area (TPSA) is 38.3 Å². The SMILES string of the molecule is C=CC(=O)NC1COc2ccccc21. The summed E-state index contributed by atoms with van der Waals surface area (Å²) in [6.07, 6.45) is 1.26. The molecule has 3 heteroatoms. The highest BCUT2D eigenvalue weighted by atomic mass is 16.5. The van der Waals surface area contributed by atoms with E-state index in [4.69, 9.17) is 4.74 Å². The molecule has 0 saturated heterocycles. The summed E-state index contributed by atoms with van der Waals surface area (Å²) < 4.78 is 5.41. The predicted molar refractivity (Wildman–Crippen MR) is 53.0 cm³/mol. The van der Waals surface area contributed by atoms with E-state index in [1.807, 2.05) is 24.3 Å². The summed E-state index contributed by atoms with van der Waals surface area (Å²) in [6.45, 7) is 3.90. The zero-order valence-corrected chi connectivity index (χ0v) is 7.69. The number of carbonyl (C=O) groups is 1. The molecule has 14 heavy (non-hydrogen) atoms. The van der Waals surface area contributed by atoms with Gasteiger partial charge in [0.25, 0.3) is 0 Å². The van der Waals surface area contributed by atoms with Crippen LogP contribution in [0.4, 0.5) is 0 Å². The second-order valence-electron chi connectivity index (χ2n) is 3.11. The van der Waals surface area contributed by atoms with E-state index in [1.165, 1.54) is 6.08 Å². The Morgan fingerprint density at radius 3 is 3.14 bits per heavy atom. The van der Waals surface area contributed by atoms with Gasteiger partial charge in [-0.1, -0.05) is 24.8 Å². The minimum absolute atomic E-state index is 0.0447. The van der Waals surface area contributed by atoms with Crippen LogP contribution >= 0.6 is 0 Å². The number of amides is 1. The lowest BCUT2D eigenvalue weighted by molar-refractivity contribution is -0.117. The molecule has 1 aromatic rings. The van der Waals surface area contributed by atoms with Gasteiger partial charge in [-0.25, -0.2) is 0 Å². The van der Waals surface area contributed by atoms with Crippen LogP contribution < -0.4 is 10.1 Å². The van der Waals surface area contributed by atoms with E-state index in [0.717, 1.165) is 11.3 Å². The average molecular weight is 189 g/mol. The molecule has 72 valence electrons. The lowest BCUT2D eigenvalue weighted by atomic mass is 10.1. The monoisotopic (exact) mass is 189 g/mol. The first-order chi connectivity index (χ1) is 6.81. The van der Waals surface area contributed by atoms with Crippen LogP contribution in [0, 0.1) is 0 Å². The number of hydrogen-bond acceptors (Lipinski definition) is 2. The van der Waals surface area contributed by atoms with Gasteiger partial charge in [-0.3, -0.25) is 4.79 Å². The molecule has 1 aliphatic rings. The zero-order chi connectivity index (χ0) is 9.97. The van der Waals surface area contributed by atoms with Gasteiger partial charge in [0.2, 0.25) is 5.91 Å². The van der Waals surface area contributed by atoms with Gasteiger partial charge in [-0.05, 0) is 12.1 Å². The Morgan fingerprint density at radius 2 is 2.36 bits per heavy atom. The molecule has 0 aliphatic carbocycles. The number of benzene rings is 1. The molecule has 0 fully saturated rings. The molecular weight excluding hydrogens is 178 g/mol. The fourth-order valence-corrected chi connectivity index (χ4v) is 1.51. The van der Waals surface area contributed by atoms with Crippen LogP contribution in [0.1, 0.15) is 11.6 Å². The summed E-state index contributed by atoms with van der Waals surface area (Å²) in [4.78, 5) is 11.1. The van der Waals surface area contributed by atoms with Crippen molar-refractivity contribution in [3.63, 3.8) is 0 Å². The molecule has 1 heterocycles. The molecule has 2 rings (SSSR count). The largest absolute Gasteiger partial charge is 0.491 e. The maximum absolute atomic E-state index is 11.1. The molecule has 0 saturated carbocycles. The first kappa shape index (κ1) is 8.81. The van der Waals surface area contributed by atoms with Crippen LogP contribution in [-0.2, 0) is 4.79 Å². The highest BCUT2D eigenvalue weighted by molar-refractivity contribution is 5.87. The van der Waals surface area contributed by atoms with Crippen LogP contribution in [0.5, 0.6) is 5.75 Å². The fraction of sp³-hybridized carbons (Fsp3) is 0.182. The van der Waals surface area contributed by atoms with Gasteiger partial charge in [-0.2, -0.15) is 0 Å². The number of ether oxygens (including phenoxy) is 1. The van der Waals surface area contributed by atoms with Crippen LogP contribution in [0.3, 0.4) is 0 Å². The zero-order valence-electron chi connectivity index (χ0n) is 7.69. The van der Waals surface area contributed by atoms with Crippen LogP contribution in [0.15, 0.2) is 36.9 Å². The lowest BCUT2D eigenvalue weighted by Gasteiger charge is -2.08. The molecular formula is C11H11NO2. The molecule has 1 aromatic carbocycles. The number of hydrogen-bond donors (Lipinski definition) is 1. The first-order valence-electron chi connectivity index (χ1n) is 4.46. The van der Waals surface area contributed by atoms with Gasteiger partial charge >= 0.3 is 0 Å². The molecule has 1 aliphatic heterocycles. The van der Waals surface area contributed by atoms with Crippen molar-refractivity contribution in [3.05, 3.63) is 42.5 Å². The van der Waals surface area contributed by atoms with Gasteiger partial charge in [-0.15, -0.1) is 0 Å². The summed E-state index contributed by atoms with van der Waals surface area (Å²) in [5, 5.41) is 2.80. The summed E-state index contributed by atoms with van der Waals surface area (Å²) >= 11 is 0. The van der Waals surface area contributed by atoms with E-state index in [1.54, 1.807) is 0 Å². The van der Waals surface area contributed by atoms with Crippen LogP contribution in [-0.4, -0.2) is 12.5 Å². The number of rotatable bonds is 2. The van der Waals surface area contributed by atoms with Crippen LogP contribution in [0.2, 0.25) is 0 Å². The molecule has 1 N–H and O–H groups in total. The Balaban J connectivity index is 2.18. The third-order valence-corrected chi connectivity index (χ3v) is 2.20. The normalized spacial score (nSPS) is 18.1. The Morgan fingerprint density at radius 1 is 1.57 bits per heavy atom. The molecule has 1 amide bonds. The Labute approximate surface area is 82.4 Å². The number of carbonyl (C=O) groups excluding carboxylic acids is 1. The molecule has 1 unspecified atom stereocenters. The standard InChI is InChI=1S/C11H11NO2/c1-2-11(13)12-9-7-14-10-6-4-3-5-8(9)10/h2-6,9H,1,7H2,(H,12,13). The molecule has 0 bridgehead atoms. The van der Waals surface area contributed by atoms with E-state index in [9.17, 15) is 4.79 Å².